The second-order valence-corrected chi connectivity index (χ2v) is 5.82. The first-order valence-corrected chi connectivity index (χ1v) is 7.08. The van der Waals surface area contributed by atoms with Crippen LogP contribution in [0.5, 0.6) is 0 Å². The minimum absolute atomic E-state index is 0.0101. The minimum Gasteiger partial charge on any atom is -0.370 e. The third-order valence-electron chi connectivity index (χ3n) is 3.58. The molecule has 4 N–H and O–H groups in total. The predicted octanol–water partition coefficient (Wildman–Crippen LogP) is 4.39. The Kier molecular flexibility index (Phi) is 3.98. The highest BCUT2D eigenvalue weighted by molar-refractivity contribution is 5.98. The first kappa shape index (κ1) is 14.4. The zero-order valence-corrected chi connectivity index (χ0v) is 12.6. The number of anilines is 1. The van der Waals surface area contributed by atoms with Gasteiger partial charge in [-0.1, -0.05) is 52.0 Å². The normalized spacial score (nSPS) is 11.3. The monoisotopic (exact) mass is 269 g/mol. The molecule has 2 aromatic carbocycles. The fourth-order valence-corrected chi connectivity index (χ4v) is 2.73. The first-order chi connectivity index (χ1) is 9.41. The SMILES string of the molecule is CC(C)c1cc2ccccc2c(C(C)C)c1NC(=N)N. The molecular formula is C17H23N3. The maximum atomic E-state index is 7.58. The molecule has 0 radical (unpaired) electrons. The molecule has 0 amide bonds. The number of fused-ring (bicyclic) bond motifs is 1. The zero-order chi connectivity index (χ0) is 14.9. The summed E-state index contributed by atoms with van der Waals surface area (Å²) < 4.78 is 0. The van der Waals surface area contributed by atoms with Crippen molar-refractivity contribution in [2.24, 2.45) is 5.73 Å². The molecular weight excluding hydrogens is 246 g/mol. The Labute approximate surface area is 120 Å². The van der Waals surface area contributed by atoms with Gasteiger partial charge in [0.2, 0.25) is 0 Å². The van der Waals surface area contributed by atoms with Crippen molar-refractivity contribution < 1.29 is 0 Å². The highest BCUT2D eigenvalue weighted by Gasteiger charge is 2.18. The third-order valence-corrected chi connectivity index (χ3v) is 3.58. The molecule has 0 spiro atoms. The van der Waals surface area contributed by atoms with Crippen molar-refractivity contribution in [3.8, 4) is 0 Å². The largest absolute Gasteiger partial charge is 0.370 e. The topological polar surface area (TPSA) is 61.9 Å². The van der Waals surface area contributed by atoms with E-state index in [4.69, 9.17) is 11.1 Å². The number of hydrogen-bond donors (Lipinski definition) is 3. The lowest BCUT2D eigenvalue weighted by Crippen LogP contribution is -2.23. The van der Waals surface area contributed by atoms with E-state index >= 15 is 0 Å². The van der Waals surface area contributed by atoms with E-state index in [2.05, 4.69) is 63.3 Å². The molecule has 3 nitrogen and oxygen atoms in total. The lowest BCUT2D eigenvalue weighted by atomic mass is 9.87. The number of nitrogens with one attached hydrogen (secondary N) is 2. The molecule has 3 heteroatoms. The smallest absolute Gasteiger partial charge is 0.190 e. The molecule has 0 saturated carbocycles. The summed E-state index contributed by atoms with van der Waals surface area (Å²) in [6.45, 7) is 8.69. The molecule has 0 bridgehead atoms. The Morgan fingerprint density at radius 2 is 1.75 bits per heavy atom. The molecule has 0 fully saturated rings. The van der Waals surface area contributed by atoms with Gasteiger partial charge >= 0.3 is 0 Å². The Bertz CT molecular complexity index is 642. The number of rotatable bonds is 3. The van der Waals surface area contributed by atoms with E-state index in [1.54, 1.807) is 0 Å². The minimum atomic E-state index is -0.0101. The van der Waals surface area contributed by atoms with Crippen LogP contribution in [-0.4, -0.2) is 5.96 Å². The fraction of sp³-hybridized carbons (Fsp3) is 0.353. The van der Waals surface area contributed by atoms with Gasteiger partial charge in [0.15, 0.2) is 5.96 Å². The molecule has 2 aromatic rings. The summed E-state index contributed by atoms with van der Waals surface area (Å²) in [5.41, 5.74) is 9.03. The van der Waals surface area contributed by atoms with E-state index in [0.29, 0.717) is 11.8 Å². The molecule has 106 valence electrons. The zero-order valence-electron chi connectivity index (χ0n) is 12.6. The summed E-state index contributed by atoms with van der Waals surface area (Å²) in [6.07, 6.45) is 0. The highest BCUT2D eigenvalue weighted by atomic mass is 15.0. The van der Waals surface area contributed by atoms with Gasteiger partial charge in [-0.2, -0.15) is 0 Å². The first-order valence-electron chi connectivity index (χ1n) is 7.08. The van der Waals surface area contributed by atoms with E-state index in [-0.39, 0.29) is 5.96 Å². The molecule has 2 rings (SSSR count). The van der Waals surface area contributed by atoms with Crippen molar-refractivity contribution in [3.05, 3.63) is 41.5 Å². The van der Waals surface area contributed by atoms with Crippen LogP contribution >= 0.6 is 0 Å². The number of guanidine groups is 1. The van der Waals surface area contributed by atoms with Crippen LogP contribution in [0.15, 0.2) is 30.3 Å². The average molecular weight is 269 g/mol. The van der Waals surface area contributed by atoms with Gasteiger partial charge < -0.3 is 11.1 Å². The Hall–Kier alpha value is -2.03. The number of benzene rings is 2. The van der Waals surface area contributed by atoms with Crippen LogP contribution in [0.4, 0.5) is 5.69 Å². The van der Waals surface area contributed by atoms with E-state index in [9.17, 15) is 0 Å². The van der Waals surface area contributed by atoms with Crippen molar-refractivity contribution in [1.82, 2.24) is 0 Å². The lowest BCUT2D eigenvalue weighted by Gasteiger charge is -2.22. The second-order valence-electron chi connectivity index (χ2n) is 5.82. The highest BCUT2D eigenvalue weighted by Crippen LogP contribution is 2.38. The predicted molar refractivity (Wildman–Crippen MR) is 87.7 cm³/mol. The third kappa shape index (κ3) is 2.62. The van der Waals surface area contributed by atoms with E-state index in [1.165, 1.54) is 21.9 Å². The quantitative estimate of drug-likeness (QED) is 0.571. The summed E-state index contributed by atoms with van der Waals surface area (Å²) in [5.74, 6) is 0.725. The Morgan fingerprint density at radius 1 is 1.10 bits per heavy atom. The fourth-order valence-electron chi connectivity index (χ4n) is 2.73. The number of nitrogens with two attached hydrogens (primary N) is 1. The molecule has 0 unspecified atom stereocenters. The summed E-state index contributed by atoms with van der Waals surface area (Å²) in [7, 11) is 0. The summed E-state index contributed by atoms with van der Waals surface area (Å²) in [4.78, 5) is 0. The molecule has 0 aliphatic carbocycles. The van der Waals surface area contributed by atoms with Crippen molar-refractivity contribution in [1.29, 1.82) is 5.41 Å². The molecule has 0 saturated heterocycles. The molecule has 0 aliphatic heterocycles. The number of hydrogen-bond acceptors (Lipinski definition) is 1. The summed E-state index contributed by atoms with van der Waals surface area (Å²) in [6, 6.07) is 10.6. The molecule has 0 atom stereocenters. The van der Waals surface area contributed by atoms with Gasteiger partial charge in [-0.15, -0.1) is 0 Å². The van der Waals surface area contributed by atoms with Gasteiger partial charge in [0.1, 0.15) is 0 Å². The molecule has 0 heterocycles. The van der Waals surface area contributed by atoms with E-state index in [1.807, 2.05) is 0 Å². The molecule has 0 aromatic heterocycles. The Balaban J connectivity index is 2.85. The van der Waals surface area contributed by atoms with E-state index in [0.717, 1.165) is 5.69 Å². The van der Waals surface area contributed by atoms with E-state index < -0.39 is 0 Å². The summed E-state index contributed by atoms with van der Waals surface area (Å²) >= 11 is 0. The second kappa shape index (κ2) is 5.53. The standard InChI is InChI=1S/C17H23N3/c1-10(2)14-9-12-7-5-6-8-13(12)15(11(3)4)16(14)20-17(18)19/h5-11H,1-4H3,(H4,18,19,20). The average Bonchev–Trinajstić information content (AvgIpc) is 2.36. The lowest BCUT2D eigenvalue weighted by molar-refractivity contribution is 0.846. The van der Waals surface area contributed by atoms with Gasteiger partial charge in [0, 0.05) is 5.69 Å². The van der Waals surface area contributed by atoms with Gasteiger partial charge in [-0.25, -0.2) is 0 Å². The molecule has 20 heavy (non-hydrogen) atoms. The van der Waals surface area contributed by atoms with Crippen molar-refractivity contribution in [3.63, 3.8) is 0 Å². The Morgan fingerprint density at radius 3 is 2.30 bits per heavy atom. The van der Waals surface area contributed by atoms with Gasteiger partial charge in [-0.3, -0.25) is 5.41 Å². The molecule has 0 aliphatic rings. The van der Waals surface area contributed by atoms with Crippen LogP contribution in [-0.2, 0) is 0 Å². The van der Waals surface area contributed by atoms with Crippen LogP contribution in [0, 0.1) is 5.41 Å². The summed E-state index contributed by atoms with van der Waals surface area (Å²) in [5, 5.41) is 13.1. The van der Waals surface area contributed by atoms with Crippen LogP contribution in [0.2, 0.25) is 0 Å². The van der Waals surface area contributed by atoms with Crippen molar-refractivity contribution in [2.75, 3.05) is 5.32 Å². The maximum Gasteiger partial charge on any atom is 0.190 e. The van der Waals surface area contributed by atoms with Gasteiger partial charge in [0.05, 0.1) is 0 Å². The maximum absolute atomic E-state index is 7.58. The van der Waals surface area contributed by atoms with Crippen molar-refractivity contribution >= 4 is 22.4 Å². The van der Waals surface area contributed by atoms with Crippen LogP contribution < -0.4 is 11.1 Å². The van der Waals surface area contributed by atoms with Gasteiger partial charge in [-0.05, 0) is 39.8 Å². The van der Waals surface area contributed by atoms with Crippen molar-refractivity contribution in [2.45, 2.75) is 39.5 Å². The van der Waals surface area contributed by atoms with Crippen LogP contribution in [0.3, 0.4) is 0 Å². The van der Waals surface area contributed by atoms with Gasteiger partial charge in [0.25, 0.3) is 0 Å². The van der Waals surface area contributed by atoms with Crippen LogP contribution in [0.1, 0.15) is 50.7 Å². The van der Waals surface area contributed by atoms with Crippen LogP contribution in [0.25, 0.3) is 10.8 Å².